The number of carbonyl (C=O) groups is 1. The van der Waals surface area contributed by atoms with Crippen LogP contribution in [-0.4, -0.2) is 37.0 Å². The van der Waals surface area contributed by atoms with Crippen molar-refractivity contribution in [3.63, 3.8) is 0 Å². The topological polar surface area (TPSA) is 32.3 Å². The van der Waals surface area contributed by atoms with E-state index in [4.69, 9.17) is 0 Å². The monoisotopic (exact) mass is 312 g/mol. The van der Waals surface area contributed by atoms with Gasteiger partial charge in [-0.3, -0.25) is 4.79 Å². The number of nitrogens with one attached hydrogen (secondary N) is 1. The highest BCUT2D eigenvalue weighted by atomic mass is 35.5. The molecule has 1 amide bonds. The molecule has 0 saturated carbocycles. The Balaban J connectivity index is 0.00000121. The van der Waals surface area contributed by atoms with E-state index in [1.54, 1.807) is 0 Å². The van der Waals surface area contributed by atoms with Crippen molar-refractivity contribution in [2.45, 2.75) is 25.2 Å². The van der Waals surface area contributed by atoms with Crippen LogP contribution in [0.1, 0.15) is 29.2 Å². The third-order valence-electron chi connectivity index (χ3n) is 5.05. The average Bonchev–Trinajstić information content (AvgIpc) is 3.11. The lowest BCUT2D eigenvalue weighted by Crippen LogP contribution is -2.36. The summed E-state index contributed by atoms with van der Waals surface area (Å²) in [6, 6.07) is 2.18. The maximum Gasteiger partial charge on any atom is 0.230 e. The van der Waals surface area contributed by atoms with Crippen molar-refractivity contribution in [3.8, 4) is 0 Å². The Bertz CT molecular complexity index is 492. The summed E-state index contributed by atoms with van der Waals surface area (Å²) in [6.07, 6.45) is 3.39. The van der Waals surface area contributed by atoms with E-state index in [9.17, 15) is 4.79 Å². The molecule has 1 N–H and O–H groups in total. The van der Waals surface area contributed by atoms with Crippen LogP contribution >= 0.6 is 23.7 Å². The summed E-state index contributed by atoms with van der Waals surface area (Å²) in [4.78, 5) is 16.4. The van der Waals surface area contributed by atoms with E-state index < -0.39 is 0 Å². The van der Waals surface area contributed by atoms with Gasteiger partial charge in [-0.2, -0.15) is 0 Å². The fourth-order valence-corrected chi connectivity index (χ4v) is 4.99. The molecule has 3 atom stereocenters. The molecule has 4 rings (SSSR count). The highest BCUT2D eigenvalue weighted by Crippen LogP contribution is 2.37. The second-order valence-corrected chi connectivity index (χ2v) is 7.17. The molecular weight excluding hydrogens is 292 g/mol. The van der Waals surface area contributed by atoms with Crippen LogP contribution in [-0.2, 0) is 11.2 Å². The molecule has 110 valence electrons. The highest BCUT2D eigenvalue weighted by molar-refractivity contribution is 7.10. The zero-order valence-corrected chi connectivity index (χ0v) is 13.1. The minimum atomic E-state index is 0. The van der Waals surface area contributed by atoms with Gasteiger partial charge in [-0.15, -0.1) is 23.7 Å². The van der Waals surface area contributed by atoms with Crippen LogP contribution in [0, 0.1) is 11.8 Å². The van der Waals surface area contributed by atoms with E-state index in [0.29, 0.717) is 17.7 Å². The van der Waals surface area contributed by atoms with Gasteiger partial charge in [0.05, 0.1) is 5.92 Å². The number of likely N-dealkylation sites (tertiary alicyclic amines) is 1. The predicted molar refractivity (Wildman–Crippen MR) is 83.7 cm³/mol. The molecule has 0 spiro atoms. The van der Waals surface area contributed by atoms with Crippen LogP contribution < -0.4 is 5.32 Å². The number of rotatable bonds is 1. The van der Waals surface area contributed by atoms with Crippen molar-refractivity contribution in [2.24, 2.45) is 11.8 Å². The van der Waals surface area contributed by atoms with Crippen molar-refractivity contribution >= 4 is 29.7 Å². The van der Waals surface area contributed by atoms with Gasteiger partial charge in [-0.05, 0) is 48.1 Å². The summed E-state index contributed by atoms with van der Waals surface area (Å²) in [7, 11) is 0. The van der Waals surface area contributed by atoms with E-state index >= 15 is 0 Å². The van der Waals surface area contributed by atoms with Gasteiger partial charge in [0.1, 0.15) is 0 Å². The zero-order chi connectivity index (χ0) is 12.8. The van der Waals surface area contributed by atoms with E-state index in [1.807, 2.05) is 11.3 Å². The standard InChI is InChI=1S/C15H20N2OS.ClH/c18-15(17-8-10-6-16-7-11(10)9-17)13-2-1-3-14-12(13)4-5-19-14;/h4-5,10-11,13,16H,1-3,6-9H2;1H/t10-,11+,13?;. The first-order valence-electron chi connectivity index (χ1n) is 7.38. The fourth-order valence-electron chi connectivity index (χ4n) is 4.00. The molecule has 1 aromatic rings. The quantitative estimate of drug-likeness (QED) is 0.863. The molecule has 3 heterocycles. The second-order valence-electron chi connectivity index (χ2n) is 6.17. The maximum absolute atomic E-state index is 12.8. The van der Waals surface area contributed by atoms with Crippen molar-refractivity contribution in [1.29, 1.82) is 0 Å². The van der Waals surface area contributed by atoms with Crippen molar-refractivity contribution in [3.05, 3.63) is 21.9 Å². The number of hydrogen-bond acceptors (Lipinski definition) is 3. The Hall–Kier alpha value is -0.580. The number of hydrogen-bond donors (Lipinski definition) is 1. The molecule has 1 aliphatic carbocycles. The second kappa shape index (κ2) is 5.66. The molecule has 2 saturated heterocycles. The highest BCUT2D eigenvalue weighted by Gasteiger charge is 2.40. The number of carbonyl (C=O) groups excluding carboxylic acids is 1. The Morgan fingerprint density at radius 1 is 1.30 bits per heavy atom. The van der Waals surface area contributed by atoms with Crippen LogP contribution in [0.2, 0.25) is 0 Å². The lowest BCUT2D eigenvalue weighted by Gasteiger charge is -2.27. The molecule has 5 heteroatoms. The molecule has 0 aromatic carbocycles. The number of nitrogens with zero attached hydrogens (tertiary/aromatic N) is 1. The predicted octanol–water partition coefficient (Wildman–Crippen LogP) is 2.27. The Morgan fingerprint density at radius 2 is 2.05 bits per heavy atom. The van der Waals surface area contributed by atoms with Crippen LogP contribution in [0.3, 0.4) is 0 Å². The smallest absolute Gasteiger partial charge is 0.230 e. The summed E-state index contributed by atoms with van der Waals surface area (Å²) in [5, 5.41) is 5.59. The van der Waals surface area contributed by atoms with Crippen LogP contribution in [0.15, 0.2) is 11.4 Å². The minimum absolute atomic E-state index is 0. The number of thiophene rings is 1. The summed E-state index contributed by atoms with van der Waals surface area (Å²) >= 11 is 1.83. The van der Waals surface area contributed by atoms with Gasteiger partial charge in [0.25, 0.3) is 0 Å². The van der Waals surface area contributed by atoms with Gasteiger partial charge in [0.2, 0.25) is 5.91 Å². The number of aryl methyl sites for hydroxylation is 1. The summed E-state index contributed by atoms with van der Waals surface area (Å²) in [5.74, 6) is 1.96. The molecule has 2 aliphatic heterocycles. The van der Waals surface area contributed by atoms with Crippen molar-refractivity contribution in [1.82, 2.24) is 10.2 Å². The molecule has 3 aliphatic rings. The van der Waals surface area contributed by atoms with Gasteiger partial charge < -0.3 is 10.2 Å². The zero-order valence-electron chi connectivity index (χ0n) is 11.5. The Labute approximate surface area is 130 Å². The normalized spacial score (nSPS) is 31.6. The summed E-state index contributed by atoms with van der Waals surface area (Å²) < 4.78 is 0. The fraction of sp³-hybridized carbons (Fsp3) is 0.667. The first kappa shape index (κ1) is 14.4. The number of fused-ring (bicyclic) bond motifs is 2. The van der Waals surface area contributed by atoms with Gasteiger partial charge >= 0.3 is 0 Å². The maximum atomic E-state index is 12.8. The number of halogens is 1. The molecule has 2 fully saturated rings. The number of amides is 1. The van der Waals surface area contributed by atoms with Gasteiger partial charge in [0.15, 0.2) is 0 Å². The third-order valence-corrected chi connectivity index (χ3v) is 6.05. The van der Waals surface area contributed by atoms with Crippen LogP contribution in [0.25, 0.3) is 0 Å². The lowest BCUT2D eigenvalue weighted by atomic mass is 9.87. The SMILES string of the molecule is Cl.O=C(C1CCCc2sccc21)N1C[C@H]2CNC[C@H]2C1. The molecule has 0 radical (unpaired) electrons. The van der Waals surface area contributed by atoms with E-state index in [-0.39, 0.29) is 18.3 Å². The van der Waals surface area contributed by atoms with Crippen LogP contribution in [0.5, 0.6) is 0 Å². The van der Waals surface area contributed by atoms with Crippen molar-refractivity contribution < 1.29 is 4.79 Å². The Kier molecular flexibility index (Phi) is 4.07. The Morgan fingerprint density at radius 3 is 2.80 bits per heavy atom. The summed E-state index contributed by atoms with van der Waals surface area (Å²) in [6.45, 7) is 4.16. The van der Waals surface area contributed by atoms with E-state index in [1.165, 1.54) is 23.3 Å². The van der Waals surface area contributed by atoms with Gasteiger partial charge in [-0.1, -0.05) is 0 Å². The molecule has 20 heavy (non-hydrogen) atoms. The van der Waals surface area contributed by atoms with Gasteiger partial charge in [0, 0.05) is 31.1 Å². The first-order chi connectivity index (χ1) is 9.33. The average molecular weight is 313 g/mol. The van der Waals surface area contributed by atoms with Gasteiger partial charge in [-0.25, -0.2) is 0 Å². The van der Waals surface area contributed by atoms with E-state index in [2.05, 4.69) is 21.7 Å². The molecule has 1 aromatic heterocycles. The molecule has 0 bridgehead atoms. The molecular formula is C15H21ClN2OS. The third kappa shape index (κ3) is 2.28. The van der Waals surface area contributed by atoms with Crippen LogP contribution in [0.4, 0.5) is 0 Å². The van der Waals surface area contributed by atoms with Crippen molar-refractivity contribution in [2.75, 3.05) is 26.2 Å². The minimum Gasteiger partial charge on any atom is -0.341 e. The summed E-state index contributed by atoms with van der Waals surface area (Å²) in [5.41, 5.74) is 1.33. The molecule has 1 unspecified atom stereocenters. The largest absolute Gasteiger partial charge is 0.341 e. The lowest BCUT2D eigenvalue weighted by molar-refractivity contribution is -0.132. The van der Waals surface area contributed by atoms with E-state index in [0.717, 1.165) is 32.6 Å². The molecule has 3 nitrogen and oxygen atoms in total. The first-order valence-corrected chi connectivity index (χ1v) is 8.26.